The lowest BCUT2D eigenvalue weighted by Crippen LogP contribution is -2.60. The van der Waals surface area contributed by atoms with Gasteiger partial charge in [0.15, 0.2) is 23.0 Å². The van der Waals surface area contributed by atoms with E-state index < -0.39 is 10.3 Å². The minimum absolute atomic E-state index is 0.00371. The van der Waals surface area contributed by atoms with E-state index in [4.69, 9.17) is 9.47 Å². The minimum Gasteiger partial charge on any atom is -0.504 e. The second-order valence-corrected chi connectivity index (χ2v) is 7.58. The number of carbonyl (C=O) groups is 1. The quantitative estimate of drug-likeness (QED) is 0.637. The second-order valence-electron chi connectivity index (χ2n) is 7.58. The average molecular weight is 374 g/mol. The fourth-order valence-electron chi connectivity index (χ4n) is 5.25. The number of nitro benzene ring substituents is 1. The highest BCUT2D eigenvalue weighted by Crippen LogP contribution is 2.59. The van der Waals surface area contributed by atoms with Gasteiger partial charge in [-0.2, -0.15) is 0 Å². The zero-order valence-electron chi connectivity index (χ0n) is 15.5. The largest absolute Gasteiger partial charge is 0.504 e. The van der Waals surface area contributed by atoms with Crippen molar-refractivity contribution < 1.29 is 24.3 Å². The molecule has 1 N–H and O–H groups in total. The first-order chi connectivity index (χ1) is 12.8. The molecule has 0 saturated carbocycles. The number of phenolic OH excluding ortho intramolecular Hbond substituents is 1. The molecule has 0 spiro atoms. The number of methoxy groups -OCH3 is 2. The van der Waals surface area contributed by atoms with Crippen LogP contribution in [-0.2, 0) is 21.4 Å². The molecule has 3 aliphatic rings. The van der Waals surface area contributed by atoms with Crippen LogP contribution in [0.5, 0.6) is 11.5 Å². The van der Waals surface area contributed by atoms with Gasteiger partial charge in [-0.05, 0) is 32.5 Å². The predicted molar refractivity (Wildman–Crippen MR) is 95.9 cm³/mol. The molecule has 27 heavy (non-hydrogen) atoms. The van der Waals surface area contributed by atoms with Crippen LogP contribution in [0, 0.1) is 16.0 Å². The number of allylic oxidation sites excluding steroid dienone is 1. The van der Waals surface area contributed by atoms with Gasteiger partial charge in [-0.15, -0.1) is 0 Å². The maximum Gasteiger partial charge on any atom is 0.276 e. The summed E-state index contributed by atoms with van der Waals surface area (Å²) in [6.45, 7) is 0.745. The molecule has 0 radical (unpaired) electrons. The first kappa shape index (κ1) is 17.8. The molecule has 1 heterocycles. The number of Topliss-reactive ketones (excluding diaryl/α,β-unsaturated/α-hetero) is 1. The molecule has 1 fully saturated rings. The first-order valence-electron chi connectivity index (χ1n) is 8.91. The number of likely N-dealkylation sites (N-methyl/N-ethyl adjacent to an activating group) is 1. The summed E-state index contributed by atoms with van der Waals surface area (Å²) in [5.41, 5.74) is 0.260. The van der Waals surface area contributed by atoms with Gasteiger partial charge in [0.2, 0.25) is 0 Å². The van der Waals surface area contributed by atoms with E-state index in [1.54, 1.807) is 0 Å². The number of hydrogen-bond donors (Lipinski definition) is 1. The number of phenols is 1. The van der Waals surface area contributed by atoms with Crippen LogP contribution < -0.4 is 4.74 Å². The van der Waals surface area contributed by atoms with Crippen molar-refractivity contribution in [3.63, 3.8) is 0 Å². The molecule has 1 saturated heterocycles. The molecular weight excluding hydrogens is 352 g/mol. The van der Waals surface area contributed by atoms with Gasteiger partial charge in [-0.3, -0.25) is 14.9 Å². The van der Waals surface area contributed by atoms with E-state index in [0.29, 0.717) is 29.7 Å². The fourth-order valence-corrected chi connectivity index (χ4v) is 5.25. The molecule has 144 valence electrons. The molecule has 0 aromatic heterocycles. The number of aromatic hydroxyl groups is 1. The van der Waals surface area contributed by atoms with Crippen LogP contribution in [0.4, 0.5) is 5.69 Å². The van der Waals surface area contributed by atoms with Crippen molar-refractivity contribution in [2.75, 3.05) is 27.8 Å². The zero-order valence-corrected chi connectivity index (χ0v) is 15.5. The third kappa shape index (κ3) is 2.29. The van der Waals surface area contributed by atoms with Crippen molar-refractivity contribution in [3.05, 3.63) is 39.1 Å². The lowest BCUT2D eigenvalue weighted by atomic mass is 9.53. The van der Waals surface area contributed by atoms with Crippen LogP contribution in [0.2, 0.25) is 0 Å². The number of ether oxygens (including phenoxy) is 2. The molecule has 1 aromatic rings. The molecule has 4 rings (SSSR count). The number of rotatable bonds is 3. The van der Waals surface area contributed by atoms with Gasteiger partial charge in [-0.25, -0.2) is 0 Å². The Morgan fingerprint density at radius 3 is 2.74 bits per heavy atom. The number of nitrogens with zero attached hydrogens (tertiary/aromatic N) is 2. The number of fused-ring (bicyclic) bond motifs is 1. The summed E-state index contributed by atoms with van der Waals surface area (Å²) in [6, 6.07) is 1.28. The van der Waals surface area contributed by atoms with E-state index in [1.807, 2.05) is 13.1 Å². The Hall–Kier alpha value is -2.61. The van der Waals surface area contributed by atoms with Crippen molar-refractivity contribution in [1.82, 2.24) is 4.90 Å². The van der Waals surface area contributed by atoms with Gasteiger partial charge in [-0.1, -0.05) is 0 Å². The Morgan fingerprint density at radius 2 is 2.11 bits per heavy atom. The Kier molecular flexibility index (Phi) is 3.92. The van der Waals surface area contributed by atoms with Gasteiger partial charge in [0.05, 0.1) is 25.2 Å². The summed E-state index contributed by atoms with van der Waals surface area (Å²) in [5, 5.41) is 22.7. The molecule has 0 amide bonds. The molecule has 2 aliphatic carbocycles. The van der Waals surface area contributed by atoms with Crippen molar-refractivity contribution in [3.8, 4) is 11.5 Å². The maximum absolute atomic E-state index is 12.7. The van der Waals surface area contributed by atoms with Crippen LogP contribution in [-0.4, -0.2) is 54.6 Å². The molecule has 1 aromatic carbocycles. The highest BCUT2D eigenvalue weighted by molar-refractivity contribution is 5.96. The number of carbonyl (C=O) groups excluding carboxylic acids is 1. The second kappa shape index (κ2) is 5.95. The van der Waals surface area contributed by atoms with Crippen LogP contribution in [0.1, 0.15) is 24.0 Å². The standard InChI is InChI=1S/C19H22N2O6/c1-20-5-4-19-9-14(22)15(26-2)7-11(19)13(20)6-10-12(21(24)25)8-16(27-3)18(23)17(10)19/h7-8,11,13,23H,4-6,9H2,1-3H3/t11?,13?,19-/m0/s1. The molecule has 1 aliphatic heterocycles. The van der Waals surface area contributed by atoms with Gasteiger partial charge in [0.25, 0.3) is 5.69 Å². The van der Waals surface area contributed by atoms with E-state index in [2.05, 4.69) is 4.90 Å². The van der Waals surface area contributed by atoms with E-state index in [9.17, 15) is 20.0 Å². The van der Waals surface area contributed by atoms with E-state index >= 15 is 0 Å². The Balaban J connectivity index is 2.05. The van der Waals surface area contributed by atoms with Crippen LogP contribution >= 0.6 is 0 Å². The third-order valence-electron chi connectivity index (χ3n) is 6.51. The van der Waals surface area contributed by atoms with Crippen LogP contribution in [0.3, 0.4) is 0 Å². The maximum atomic E-state index is 12.7. The number of likely N-dealkylation sites (tertiary alicyclic amines) is 1. The van der Waals surface area contributed by atoms with Crippen LogP contribution in [0.15, 0.2) is 17.9 Å². The first-order valence-corrected chi connectivity index (χ1v) is 8.91. The molecular formula is C19H22N2O6. The topological polar surface area (TPSA) is 102 Å². The minimum atomic E-state index is -0.687. The normalized spacial score (nSPS) is 29.4. The highest BCUT2D eigenvalue weighted by atomic mass is 16.6. The van der Waals surface area contributed by atoms with Gasteiger partial charge in [0.1, 0.15) is 0 Å². The average Bonchev–Trinajstić information content (AvgIpc) is 2.63. The molecule has 8 heteroatoms. The van der Waals surface area contributed by atoms with Crippen molar-refractivity contribution in [2.24, 2.45) is 5.92 Å². The fraction of sp³-hybridized carbons (Fsp3) is 0.526. The lowest BCUT2D eigenvalue weighted by molar-refractivity contribution is -0.386. The smallest absolute Gasteiger partial charge is 0.276 e. The number of ketones is 1. The summed E-state index contributed by atoms with van der Waals surface area (Å²) in [5.74, 6) is 0.0909. The molecule has 3 atom stereocenters. The van der Waals surface area contributed by atoms with Crippen molar-refractivity contribution in [2.45, 2.75) is 30.7 Å². The predicted octanol–water partition coefficient (Wildman–Crippen LogP) is 1.93. The summed E-state index contributed by atoms with van der Waals surface area (Å²) >= 11 is 0. The SMILES string of the molecule is COC1=CC2C3Cc4c([N+](=O)[O-])cc(OC)c(O)c4[C@@]2(CCN3C)CC1=O. The molecule has 2 bridgehead atoms. The van der Waals surface area contributed by atoms with Gasteiger partial charge >= 0.3 is 0 Å². The van der Waals surface area contributed by atoms with Crippen molar-refractivity contribution in [1.29, 1.82) is 0 Å². The number of hydrogen-bond acceptors (Lipinski definition) is 7. The molecule has 8 nitrogen and oxygen atoms in total. The van der Waals surface area contributed by atoms with Gasteiger partial charge < -0.3 is 19.5 Å². The number of piperidine rings is 1. The number of benzene rings is 1. The summed E-state index contributed by atoms with van der Waals surface area (Å²) in [6.07, 6.45) is 3.05. The van der Waals surface area contributed by atoms with E-state index in [1.165, 1.54) is 20.3 Å². The van der Waals surface area contributed by atoms with E-state index in [-0.39, 0.29) is 41.4 Å². The lowest BCUT2D eigenvalue weighted by Gasteiger charge is -2.56. The Labute approximate surface area is 156 Å². The zero-order chi connectivity index (χ0) is 19.5. The third-order valence-corrected chi connectivity index (χ3v) is 6.51. The van der Waals surface area contributed by atoms with Gasteiger partial charge in [0, 0.05) is 34.9 Å². The number of nitro groups is 1. The Bertz CT molecular complexity index is 879. The summed E-state index contributed by atoms with van der Waals surface area (Å²) in [4.78, 5) is 26.2. The highest BCUT2D eigenvalue weighted by Gasteiger charge is 2.58. The Morgan fingerprint density at radius 1 is 1.37 bits per heavy atom. The van der Waals surface area contributed by atoms with Crippen LogP contribution in [0.25, 0.3) is 0 Å². The van der Waals surface area contributed by atoms with E-state index in [0.717, 1.165) is 6.54 Å². The summed E-state index contributed by atoms with van der Waals surface area (Å²) in [7, 11) is 4.84. The molecule has 2 unspecified atom stereocenters. The monoisotopic (exact) mass is 374 g/mol. The summed E-state index contributed by atoms with van der Waals surface area (Å²) < 4.78 is 10.5. The van der Waals surface area contributed by atoms with Crippen molar-refractivity contribution >= 4 is 11.5 Å².